The van der Waals surface area contributed by atoms with Crippen molar-refractivity contribution in [3.05, 3.63) is 93.2 Å². The Labute approximate surface area is 239 Å². The van der Waals surface area contributed by atoms with Gasteiger partial charge in [0.1, 0.15) is 11.4 Å². The Morgan fingerprint density at radius 2 is 1.82 bits per heavy atom. The Hall–Kier alpha value is -3.46. The molecule has 4 aliphatic rings. The van der Waals surface area contributed by atoms with Crippen molar-refractivity contribution < 1.29 is 23.9 Å². The van der Waals surface area contributed by atoms with Crippen LogP contribution in [-0.4, -0.2) is 46.9 Å². The predicted octanol–water partition coefficient (Wildman–Crippen LogP) is 5.52. The Bertz CT molecular complexity index is 1590. The molecule has 2 amide bonds. The van der Waals surface area contributed by atoms with Crippen LogP contribution in [-0.2, 0) is 15.1 Å². The molecule has 4 atom stereocenters. The van der Waals surface area contributed by atoms with E-state index >= 15 is 4.39 Å². The summed E-state index contributed by atoms with van der Waals surface area (Å²) in [5.74, 6) is -3.51. The molecular formula is C30H24Cl2FN3O4. The number of carbonyl (C=O) groups excluding carboxylic acids is 2. The normalized spacial score (nSPS) is 27.3. The van der Waals surface area contributed by atoms with Gasteiger partial charge in [-0.3, -0.25) is 14.5 Å². The third kappa shape index (κ3) is 3.56. The molecular weight excluding hydrogens is 556 g/mol. The molecule has 1 aliphatic carbocycles. The summed E-state index contributed by atoms with van der Waals surface area (Å²) in [7, 11) is 0. The van der Waals surface area contributed by atoms with Crippen LogP contribution in [0.5, 0.6) is 0 Å². The monoisotopic (exact) mass is 579 g/mol. The summed E-state index contributed by atoms with van der Waals surface area (Å²) >= 11 is 12.6. The van der Waals surface area contributed by atoms with E-state index < -0.39 is 35.2 Å². The molecule has 40 heavy (non-hydrogen) atoms. The first-order valence-corrected chi connectivity index (χ1v) is 13.9. The molecule has 1 saturated carbocycles. The van der Waals surface area contributed by atoms with Crippen molar-refractivity contribution >= 4 is 52.4 Å². The molecule has 2 N–H and O–H groups in total. The summed E-state index contributed by atoms with van der Waals surface area (Å²) in [6.07, 6.45) is 2.03. The highest BCUT2D eigenvalue weighted by Gasteiger charge is 2.71. The van der Waals surface area contributed by atoms with Gasteiger partial charge in [0.05, 0.1) is 16.5 Å². The first-order chi connectivity index (χ1) is 19.2. The van der Waals surface area contributed by atoms with Crippen LogP contribution in [0.1, 0.15) is 40.2 Å². The minimum Gasteiger partial charge on any atom is -0.478 e. The van der Waals surface area contributed by atoms with E-state index in [2.05, 4.69) is 10.2 Å². The minimum absolute atomic E-state index is 0.0776. The molecule has 0 bridgehead atoms. The maximum atomic E-state index is 15.9. The van der Waals surface area contributed by atoms with E-state index in [1.54, 1.807) is 47.4 Å². The molecule has 3 aromatic rings. The van der Waals surface area contributed by atoms with E-state index in [9.17, 15) is 19.5 Å². The second kappa shape index (κ2) is 9.03. The zero-order valence-corrected chi connectivity index (χ0v) is 22.6. The van der Waals surface area contributed by atoms with Gasteiger partial charge in [0.15, 0.2) is 0 Å². The minimum atomic E-state index is -1.34. The second-order valence-electron chi connectivity index (χ2n) is 11.0. The number of halogens is 3. The van der Waals surface area contributed by atoms with E-state index in [4.69, 9.17) is 23.2 Å². The zero-order valence-electron chi connectivity index (χ0n) is 21.1. The van der Waals surface area contributed by atoms with Crippen molar-refractivity contribution in [2.45, 2.75) is 30.3 Å². The van der Waals surface area contributed by atoms with Crippen LogP contribution in [0.15, 0.2) is 60.7 Å². The smallest absolute Gasteiger partial charge is 0.335 e. The number of carboxylic acids is 1. The number of nitrogens with zero attached hydrogens (tertiary/aromatic N) is 2. The van der Waals surface area contributed by atoms with Crippen molar-refractivity contribution in [2.24, 2.45) is 11.8 Å². The summed E-state index contributed by atoms with van der Waals surface area (Å²) in [6.45, 7) is 0.855. The van der Waals surface area contributed by atoms with Gasteiger partial charge in [-0.05, 0) is 66.8 Å². The van der Waals surface area contributed by atoms with Crippen molar-refractivity contribution in [1.82, 2.24) is 4.90 Å². The Morgan fingerprint density at radius 3 is 2.52 bits per heavy atom. The lowest BCUT2D eigenvalue weighted by Crippen LogP contribution is -2.54. The summed E-state index contributed by atoms with van der Waals surface area (Å²) < 4.78 is 15.9. The summed E-state index contributed by atoms with van der Waals surface area (Å²) in [6, 6.07) is 15.7. The first-order valence-electron chi connectivity index (χ1n) is 13.2. The fourth-order valence-corrected chi connectivity index (χ4v) is 7.39. The van der Waals surface area contributed by atoms with Crippen molar-refractivity contribution in [3.8, 4) is 0 Å². The largest absolute Gasteiger partial charge is 0.478 e. The molecule has 7 rings (SSSR count). The second-order valence-corrected chi connectivity index (χ2v) is 11.9. The Kier molecular flexibility index (Phi) is 5.75. The first kappa shape index (κ1) is 25.5. The van der Waals surface area contributed by atoms with Gasteiger partial charge >= 0.3 is 5.97 Å². The zero-order chi connectivity index (χ0) is 27.9. The molecule has 3 heterocycles. The number of carboxylic acid groups (broad SMARTS) is 1. The summed E-state index contributed by atoms with van der Waals surface area (Å²) in [4.78, 5) is 43.7. The number of rotatable bonds is 5. The van der Waals surface area contributed by atoms with Gasteiger partial charge in [-0.25, -0.2) is 9.18 Å². The molecule has 3 aromatic carbocycles. The fourth-order valence-electron chi connectivity index (χ4n) is 7.03. The highest BCUT2D eigenvalue weighted by atomic mass is 35.5. The van der Waals surface area contributed by atoms with Crippen LogP contribution < -0.4 is 10.2 Å². The van der Waals surface area contributed by atoms with Crippen LogP contribution in [0.25, 0.3) is 0 Å². The van der Waals surface area contributed by atoms with E-state index in [-0.39, 0.29) is 34.5 Å². The molecule has 0 unspecified atom stereocenters. The summed E-state index contributed by atoms with van der Waals surface area (Å²) in [5, 5.41) is 12.7. The molecule has 3 aliphatic heterocycles. The molecule has 10 heteroatoms. The highest BCUT2D eigenvalue weighted by molar-refractivity contribution is 6.31. The third-order valence-corrected chi connectivity index (χ3v) is 9.41. The molecule has 0 radical (unpaired) electrons. The Morgan fingerprint density at radius 1 is 1.07 bits per heavy atom. The lowest BCUT2D eigenvalue weighted by molar-refractivity contribution is -0.128. The molecule has 0 aromatic heterocycles. The quantitative estimate of drug-likeness (QED) is 0.415. The SMILES string of the molecule is O=C(O)c1ccc(N2C[C@@H]3[C@H](C2=O)[C@@H](c2cccc(Cl)c2F)[C@@]2(C(=O)Nc4cc(Cl)ccc42)N3CC2CC2)cc1. The number of nitrogens with one attached hydrogen (secondary N) is 1. The number of fused-ring (bicyclic) bond motifs is 3. The standard InChI is InChI=1S/C30H24Cl2FN3O4/c31-17-8-11-20-22(12-17)34-29(40)30(20)25(19-2-1-3-21(32)26(19)33)24-23(36(30)13-15-4-5-15)14-35(27(24)37)18-9-6-16(7-10-18)28(38)39/h1-3,6-12,15,23-25H,4-5,13-14H2,(H,34,40)(H,38,39)/t23-,24+,25-,30+/m1/s1. The lowest BCUT2D eigenvalue weighted by Gasteiger charge is -2.41. The number of carbonyl (C=O) groups is 3. The molecule has 3 fully saturated rings. The van der Waals surface area contributed by atoms with Crippen LogP contribution in [0.2, 0.25) is 10.0 Å². The van der Waals surface area contributed by atoms with Gasteiger partial charge in [-0.15, -0.1) is 0 Å². The number of hydrogen-bond donors (Lipinski definition) is 2. The van der Waals surface area contributed by atoms with Crippen LogP contribution >= 0.6 is 23.2 Å². The fraction of sp³-hybridized carbons (Fsp3) is 0.300. The van der Waals surface area contributed by atoms with Crippen molar-refractivity contribution in [3.63, 3.8) is 0 Å². The number of amides is 2. The number of aromatic carboxylic acids is 1. The van der Waals surface area contributed by atoms with E-state index in [0.717, 1.165) is 12.8 Å². The van der Waals surface area contributed by atoms with Crippen molar-refractivity contribution in [2.75, 3.05) is 23.3 Å². The van der Waals surface area contributed by atoms with Crippen LogP contribution in [0, 0.1) is 17.7 Å². The van der Waals surface area contributed by atoms with Crippen molar-refractivity contribution in [1.29, 1.82) is 0 Å². The summed E-state index contributed by atoms with van der Waals surface area (Å²) in [5.41, 5.74) is 0.777. The molecule has 7 nitrogen and oxygen atoms in total. The van der Waals surface area contributed by atoms with E-state index in [0.29, 0.717) is 34.4 Å². The predicted molar refractivity (Wildman–Crippen MR) is 148 cm³/mol. The van der Waals surface area contributed by atoms with Gasteiger partial charge in [0.25, 0.3) is 0 Å². The average Bonchev–Trinajstić information content (AvgIpc) is 3.55. The van der Waals surface area contributed by atoms with Gasteiger partial charge in [-0.1, -0.05) is 41.4 Å². The molecule has 1 spiro atoms. The lowest BCUT2D eigenvalue weighted by atomic mass is 9.71. The van der Waals surface area contributed by atoms with E-state index in [1.165, 1.54) is 18.2 Å². The Balaban J connectivity index is 1.43. The molecule has 2 saturated heterocycles. The van der Waals surface area contributed by atoms with Gasteiger partial charge in [0, 0.05) is 47.0 Å². The highest BCUT2D eigenvalue weighted by Crippen LogP contribution is 2.62. The van der Waals surface area contributed by atoms with Crippen LogP contribution in [0.4, 0.5) is 15.8 Å². The maximum Gasteiger partial charge on any atom is 0.335 e. The van der Waals surface area contributed by atoms with Crippen LogP contribution in [0.3, 0.4) is 0 Å². The number of likely N-dealkylation sites (tertiary alicyclic amines) is 1. The van der Waals surface area contributed by atoms with Gasteiger partial charge < -0.3 is 15.3 Å². The van der Waals surface area contributed by atoms with Gasteiger partial charge in [0.2, 0.25) is 11.8 Å². The average molecular weight is 580 g/mol. The number of anilines is 2. The number of hydrogen-bond acceptors (Lipinski definition) is 4. The maximum absolute atomic E-state index is 15.9. The topological polar surface area (TPSA) is 90.0 Å². The number of benzene rings is 3. The third-order valence-electron chi connectivity index (χ3n) is 8.88. The van der Waals surface area contributed by atoms with Gasteiger partial charge in [-0.2, -0.15) is 0 Å². The van der Waals surface area contributed by atoms with E-state index in [1.807, 2.05) is 0 Å². The molecule has 204 valence electrons.